The maximum absolute atomic E-state index is 10.7. The summed E-state index contributed by atoms with van der Waals surface area (Å²) in [6.07, 6.45) is -0.271. The van der Waals surface area contributed by atoms with E-state index in [0.717, 1.165) is 0 Å². The Labute approximate surface area is 152 Å². The van der Waals surface area contributed by atoms with Crippen molar-refractivity contribution in [3.63, 3.8) is 0 Å². The summed E-state index contributed by atoms with van der Waals surface area (Å²) >= 11 is 5.87. The van der Waals surface area contributed by atoms with Crippen LogP contribution in [0.4, 0.5) is 10.6 Å². The highest BCUT2D eigenvalue weighted by Crippen LogP contribution is 2.18. The van der Waals surface area contributed by atoms with Crippen LogP contribution in [0.15, 0.2) is 6.20 Å². The van der Waals surface area contributed by atoms with Crippen molar-refractivity contribution in [2.45, 2.75) is 39.5 Å². The fourth-order valence-electron chi connectivity index (χ4n) is 1.78. The van der Waals surface area contributed by atoms with Gasteiger partial charge in [0, 0.05) is 26.0 Å². The number of rotatable bonds is 8. The van der Waals surface area contributed by atoms with E-state index in [9.17, 15) is 4.79 Å². The van der Waals surface area contributed by atoms with E-state index in [2.05, 4.69) is 32.4 Å². The molecule has 25 heavy (non-hydrogen) atoms. The maximum Gasteiger partial charge on any atom is 0.404 e. The van der Waals surface area contributed by atoms with Gasteiger partial charge in [0.1, 0.15) is 5.82 Å². The molecule has 0 atom stereocenters. The van der Waals surface area contributed by atoms with Crippen LogP contribution in [0.1, 0.15) is 33.3 Å². The molecule has 3 N–H and O–H groups in total. The number of amides is 1. The SMILES string of the molecule is CCOC(C#Cc1cnc(Cl)nc1NC(C)(C)CNC(=O)O)OCC. The number of halogens is 1. The third-order valence-corrected chi connectivity index (χ3v) is 3.04. The zero-order chi connectivity index (χ0) is 18.9. The van der Waals surface area contributed by atoms with E-state index in [0.29, 0.717) is 24.6 Å². The van der Waals surface area contributed by atoms with Crippen LogP contribution in [-0.4, -0.2) is 52.8 Å². The summed E-state index contributed by atoms with van der Waals surface area (Å²) in [6, 6.07) is 0. The van der Waals surface area contributed by atoms with E-state index in [4.69, 9.17) is 26.2 Å². The molecule has 8 nitrogen and oxygen atoms in total. The molecule has 1 amide bonds. The largest absolute Gasteiger partial charge is 0.465 e. The molecule has 1 aromatic heterocycles. The molecule has 0 unspecified atom stereocenters. The van der Waals surface area contributed by atoms with E-state index in [1.807, 2.05) is 27.7 Å². The van der Waals surface area contributed by atoms with Crippen LogP contribution in [0, 0.1) is 11.8 Å². The van der Waals surface area contributed by atoms with Crippen molar-refractivity contribution >= 4 is 23.5 Å². The summed E-state index contributed by atoms with van der Waals surface area (Å²) in [4.78, 5) is 18.8. The summed E-state index contributed by atoms with van der Waals surface area (Å²) in [6.45, 7) is 8.44. The lowest BCUT2D eigenvalue weighted by molar-refractivity contribution is -0.0969. The van der Waals surface area contributed by atoms with E-state index in [1.54, 1.807) is 0 Å². The van der Waals surface area contributed by atoms with E-state index < -0.39 is 17.9 Å². The molecule has 0 saturated heterocycles. The first-order chi connectivity index (χ1) is 11.8. The molecule has 1 heterocycles. The Bertz CT molecular complexity index is 637. The summed E-state index contributed by atoms with van der Waals surface area (Å²) in [5.74, 6) is 6.18. The van der Waals surface area contributed by atoms with Gasteiger partial charge in [-0.1, -0.05) is 5.92 Å². The molecular weight excluding hydrogens is 348 g/mol. The lowest BCUT2D eigenvalue weighted by atomic mass is 10.1. The molecule has 138 valence electrons. The standard InChI is InChI=1S/C16H23ClN4O4/c1-5-24-12(25-6-2)8-7-11-9-18-14(17)20-13(11)21-16(3,4)10-19-15(22)23/h9,12,19H,5-6,10H2,1-4H3,(H,22,23)(H,18,20,21). The number of hydrogen-bond acceptors (Lipinski definition) is 6. The molecule has 0 aliphatic rings. The number of anilines is 1. The van der Waals surface area contributed by atoms with Crippen molar-refractivity contribution in [1.29, 1.82) is 0 Å². The summed E-state index contributed by atoms with van der Waals surface area (Å²) < 4.78 is 10.8. The van der Waals surface area contributed by atoms with E-state index >= 15 is 0 Å². The number of hydrogen-bond donors (Lipinski definition) is 3. The van der Waals surface area contributed by atoms with Gasteiger partial charge >= 0.3 is 6.09 Å². The Morgan fingerprint density at radius 2 is 2.04 bits per heavy atom. The normalized spacial score (nSPS) is 11.0. The molecule has 1 rings (SSSR count). The van der Waals surface area contributed by atoms with Gasteiger partial charge in [-0.2, -0.15) is 4.98 Å². The minimum atomic E-state index is -1.10. The Hall–Kier alpha value is -2.08. The lowest BCUT2D eigenvalue weighted by Crippen LogP contribution is -2.44. The van der Waals surface area contributed by atoms with Gasteiger partial charge in [0.25, 0.3) is 0 Å². The third-order valence-electron chi connectivity index (χ3n) is 2.86. The van der Waals surface area contributed by atoms with Crippen LogP contribution in [0.3, 0.4) is 0 Å². The number of carboxylic acid groups (broad SMARTS) is 1. The zero-order valence-corrected chi connectivity index (χ0v) is 15.5. The molecule has 0 spiro atoms. The van der Waals surface area contributed by atoms with Gasteiger partial charge in [-0.05, 0) is 45.2 Å². The van der Waals surface area contributed by atoms with Crippen molar-refractivity contribution in [2.75, 3.05) is 25.1 Å². The minimum absolute atomic E-state index is 0.0567. The van der Waals surface area contributed by atoms with Crippen LogP contribution in [-0.2, 0) is 9.47 Å². The number of carbonyl (C=O) groups is 1. The van der Waals surface area contributed by atoms with Crippen LogP contribution in [0.2, 0.25) is 5.28 Å². The van der Waals surface area contributed by atoms with Crippen molar-refractivity contribution in [3.8, 4) is 11.8 Å². The smallest absolute Gasteiger partial charge is 0.404 e. The van der Waals surface area contributed by atoms with Gasteiger partial charge in [0.05, 0.1) is 11.1 Å². The van der Waals surface area contributed by atoms with E-state index in [1.165, 1.54) is 6.20 Å². The van der Waals surface area contributed by atoms with Crippen LogP contribution in [0.5, 0.6) is 0 Å². The van der Waals surface area contributed by atoms with E-state index in [-0.39, 0.29) is 11.8 Å². The van der Waals surface area contributed by atoms with Crippen LogP contribution in [0.25, 0.3) is 0 Å². The maximum atomic E-state index is 10.7. The zero-order valence-electron chi connectivity index (χ0n) is 14.7. The fourth-order valence-corrected chi connectivity index (χ4v) is 1.91. The van der Waals surface area contributed by atoms with Gasteiger partial charge in [-0.15, -0.1) is 0 Å². The second-order valence-corrected chi connectivity index (χ2v) is 5.92. The second kappa shape index (κ2) is 10.0. The molecule has 0 aliphatic carbocycles. The molecule has 1 aromatic rings. The molecule has 0 fully saturated rings. The summed E-state index contributed by atoms with van der Waals surface area (Å²) in [7, 11) is 0. The Morgan fingerprint density at radius 1 is 1.40 bits per heavy atom. The molecule has 0 aliphatic heterocycles. The van der Waals surface area contributed by atoms with Gasteiger partial charge in [0.15, 0.2) is 0 Å². The number of nitrogens with one attached hydrogen (secondary N) is 2. The topological polar surface area (TPSA) is 106 Å². The molecule has 0 aromatic carbocycles. The highest BCUT2D eigenvalue weighted by atomic mass is 35.5. The third kappa shape index (κ3) is 8.03. The van der Waals surface area contributed by atoms with Crippen LogP contribution < -0.4 is 10.6 Å². The molecule has 0 saturated carbocycles. The quantitative estimate of drug-likeness (QED) is 0.366. The molecule has 0 bridgehead atoms. The summed E-state index contributed by atoms with van der Waals surface area (Å²) in [5, 5.41) is 14.3. The molecular formula is C16H23ClN4O4. The second-order valence-electron chi connectivity index (χ2n) is 5.58. The molecule has 9 heteroatoms. The summed E-state index contributed by atoms with van der Waals surface area (Å²) in [5.41, 5.74) is -0.122. The predicted octanol–water partition coefficient (Wildman–Crippen LogP) is 2.34. The predicted molar refractivity (Wildman–Crippen MR) is 94.7 cm³/mol. The van der Waals surface area contributed by atoms with Crippen molar-refractivity contribution in [1.82, 2.24) is 15.3 Å². The Balaban J connectivity index is 3.01. The lowest BCUT2D eigenvalue weighted by Gasteiger charge is -2.27. The highest BCUT2D eigenvalue weighted by Gasteiger charge is 2.21. The van der Waals surface area contributed by atoms with Crippen LogP contribution >= 0.6 is 11.6 Å². The van der Waals surface area contributed by atoms with Crippen molar-refractivity contribution < 1.29 is 19.4 Å². The van der Waals surface area contributed by atoms with Crippen molar-refractivity contribution in [3.05, 3.63) is 17.0 Å². The average molecular weight is 371 g/mol. The first-order valence-electron chi connectivity index (χ1n) is 7.79. The Morgan fingerprint density at radius 3 is 2.60 bits per heavy atom. The van der Waals surface area contributed by atoms with Gasteiger partial charge in [0.2, 0.25) is 11.6 Å². The number of nitrogens with zero attached hydrogens (tertiary/aromatic N) is 2. The number of ether oxygens (including phenoxy) is 2. The van der Waals surface area contributed by atoms with Gasteiger partial charge < -0.3 is 25.2 Å². The average Bonchev–Trinajstić information content (AvgIpc) is 2.52. The van der Waals surface area contributed by atoms with Crippen molar-refractivity contribution in [2.24, 2.45) is 0 Å². The van der Waals surface area contributed by atoms with Gasteiger partial charge in [-0.25, -0.2) is 9.78 Å². The molecule has 0 radical (unpaired) electrons. The Kier molecular flexibility index (Phi) is 8.41. The van der Waals surface area contributed by atoms with Gasteiger partial charge in [-0.3, -0.25) is 0 Å². The number of aromatic nitrogens is 2. The monoisotopic (exact) mass is 370 g/mol. The first kappa shape index (κ1) is 21.0. The highest BCUT2D eigenvalue weighted by molar-refractivity contribution is 6.28. The fraction of sp³-hybridized carbons (Fsp3) is 0.562. The first-order valence-corrected chi connectivity index (χ1v) is 8.17. The minimum Gasteiger partial charge on any atom is -0.465 e.